The minimum absolute atomic E-state index is 0.0344. The molecule has 0 aliphatic rings. The van der Waals surface area contributed by atoms with E-state index in [-0.39, 0.29) is 18.1 Å². The highest BCUT2D eigenvalue weighted by atomic mass is 16.5. The smallest absolute Gasteiger partial charge is 0.307 e. The number of carbonyl (C=O) groups excluding carboxylic acids is 1. The predicted molar refractivity (Wildman–Crippen MR) is 81.8 cm³/mol. The molecule has 0 amide bonds. The SMILES string of the molecule is CCOC(=O)CC(C)NC(C)c1ccc(OC)c(OC)c1. The van der Waals surface area contributed by atoms with Crippen LogP contribution in [0.1, 0.15) is 38.8 Å². The van der Waals surface area contributed by atoms with E-state index in [1.165, 1.54) is 0 Å². The summed E-state index contributed by atoms with van der Waals surface area (Å²) in [5, 5.41) is 3.38. The van der Waals surface area contributed by atoms with Crippen LogP contribution in [0.3, 0.4) is 0 Å². The van der Waals surface area contributed by atoms with Gasteiger partial charge in [-0.15, -0.1) is 0 Å². The molecular formula is C16H25NO4. The van der Waals surface area contributed by atoms with Crippen molar-refractivity contribution in [2.24, 2.45) is 0 Å². The molecule has 0 saturated heterocycles. The summed E-state index contributed by atoms with van der Waals surface area (Å²) in [6.07, 6.45) is 0.353. The third kappa shape index (κ3) is 5.27. The van der Waals surface area contributed by atoms with Crippen LogP contribution in [0.2, 0.25) is 0 Å². The van der Waals surface area contributed by atoms with Gasteiger partial charge in [-0.2, -0.15) is 0 Å². The summed E-state index contributed by atoms with van der Waals surface area (Å²) in [6, 6.07) is 5.92. The molecule has 0 aliphatic carbocycles. The van der Waals surface area contributed by atoms with Crippen LogP contribution in [0.5, 0.6) is 11.5 Å². The van der Waals surface area contributed by atoms with Gasteiger partial charge in [0.2, 0.25) is 0 Å². The maximum absolute atomic E-state index is 11.5. The second-order valence-electron chi connectivity index (χ2n) is 4.91. The minimum Gasteiger partial charge on any atom is -0.493 e. The number of methoxy groups -OCH3 is 2. The average molecular weight is 295 g/mol. The number of esters is 1. The lowest BCUT2D eigenvalue weighted by Crippen LogP contribution is -2.31. The van der Waals surface area contributed by atoms with Gasteiger partial charge in [-0.05, 0) is 38.5 Å². The molecule has 5 heteroatoms. The summed E-state index contributed by atoms with van der Waals surface area (Å²) in [5.74, 6) is 1.21. The standard InChI is InChI=1S/C16H25NO4/c1-6-21-16(18)9-11(2)17-12(3)13-7-8-14(19-4)15(10-13)20-5/h7-8,10-12,17H,6,9H2,1-5H3. The molecule has 0 bridgehead atoms. The number of hydrogen-bond acceptors (Lipinski definition) is 5. The summed E-state index contributed by atoms with van der Waals surface area (Å²) < 4.78 is 15.5. The van der Waals surface area contributed by atoms with E-state index in [9.17, 15) is 4.79 Å². The van der Waals surface area contributed by atoms with Crippen molar-refractivity contribution < 1.29 is 19.0 Å². The molecule has 0 heterocycles. The first-order valence-corrected chi connectivity index (χ1v) is 7.15. The highest BCUT2D eigenvalue weighted by molar-refractivity contribution is 5.70. The molecule has 1 rings (SSSR count). The summed E-state index contributed by atoms with van der Waals surface area (Å²) in [4.78, 5) is 11.5. The Morgan fingerprint density at radius 1 is 1.19 bits per heavy atom. The normalized spacial score (nSPS) is 13.4. The molecule has 0 aliphatic heterocycles. The number of carbonyl (C=O) groups is 1. The average Bonchev–Trinajstić information content (AvgIpc) is 2.46. The van der Waals surface area contributed by atoms with Crippen LogP contribution in [0.25, 0.3) is 0 Å². The highest BCUT2D eigenvalue weighted by Gasteiger charge is 2.15. The van der Waals surface area contributed by atoms with Gasteiger partial charge in [0.15, 0.2) is 11.5 Å². The van der Waals surface area contributed by atoms with E-state index in [0.29, 0.717) is 24.5 Å². The number of ether oxygens (including phenoxy) is 3. The van der Waals surface area contributed by atoms with Gasteiger partial charge >= 0.3 is 5.97 Å². The van der Waals surface area contributed by atoms with Crippen LogP contribution < -0.4 is 14.8 Å². The van der Waals surface area contributed by atoms with Crippen molar-refractivity contribution in [2.75, 3.05) is 20.8 Å². The van der Waals surface area contributed by atoms with E-state index in [2.05, 4.69) is 5.32 Å². The van der Waals surface area contributed by atoms with Gasteiger partial charge in [-0.25, -0.2) is 0 Å². The van der Waals surface area contributed by atoms with Gasteiger partial charge in [0.25, 0.3) is 0 Å². The molecule has 118 valence electrons. The van der Waals surface area contributed by atoms with Crippen molar-refractivity contribution in [2.45, 2.75) is 39.3 Å². The van der Waals surface area contributed by atoms with Crippen molar-refractivity contribution in [3.05, 3.63) is 23.8 Å². The number of rotatable bonds is 8. The van der Waals surface area contributed by atoms with Crippen LogP contribution in [0.4, 0.5) is 0 Å². The molecule has 2 unspecified atom stereocenters. The van der Waals surface area contributed by atoms with Gasteiger partial charge in [0.05, 0.1) is 27.2 Å². The monoisotopic (exact) mass is 295 g/mol. The van der Waals surface area contributed by atoms with E-state index in [1.807, 2.05) is 39.0 Å². The zero-order valence-corrected chi connectivity index (χ0v) is 13.4. The lowest BCUT2D eigenvalue weighted by molar-refractivity contribution is -0.143. The molecule has 21 heavy (non-hydrogen) atoms. The Labute approximate surface area is 126 Å². The predicted octanol–water partition coefficient (Wildman–Crippen LogP) is 2.70. The van der Waals surface area contributed by atoms with Gasteiger partial charge in [0.1, 0.15) is 0 Å². The number of nitrogens with one attached hydrogen (secondary N) is 1. The number of hydrogen-bond donors (Lipinski definition) is 1. The molecule has 5 nitrogen and oxygen atoms in total. The van der Waals surface area contributed by atoms with E-state index in [1.54, 1.807) is 14.2 Å². The highest BCUT2D eigenvalue weighted by Crippen LogP contribution is 2.30. The quantitative estimate of drug-likeness (QED) is 0.747. The molecule has 1 N–H and O–H groups in total. The fraction of sp³-hybridized carbons (Fsp3) is 0.562. The summed E-state index contributed by atoms with van der Waals surface area (Å²) in [7, 11) is 3.23. The van der Waals surface area contributed by atoms with Crippen LogP contribution >= 0.6 is 0 Å². The van der Waals surface area contributed by atoms with Gasteiger partial charge < -0.3 is 19.5 Å². The molecule has 0 spiro atoms. The zero-order valence-electron chi connectivity index (χ0n) is 13.4. The van der Waals surface area contributed by atoms with Gasteiger partial charge in [-0.3, -0.25) is 4.79 Å². The van der Waals surface area contributed by atoms with Gasteiger partial charge in [0, 0.05) is 12.1 Å². The Bertz CT molecular complexity index is 462. The largest absolute Gasteiger partial charge is 0.493 e. The molecule has 1 aromatic carbocycles. The Morgan fingerprint density at radius 3 is 2.43 bits per heavy atom. The Balaban J connectivity index is 2.66. The van der Waals surface area contributed by atoms with Crippen molar-refractivity contribution in [3.8, 4) is 11.5 Å². The molecule has 0 radical (unpaired) electrons. The van der Waals surface area contributed by atoms with Gasteiger partial charge in [-0.1, -0.05) is 6.07 Å². The second kappa shape index (κ2) is 8.52. The third-order valence-corrected chi connectivity index (χ3v) is 3.22. The van der Waals surface area contributed by atoms with Crippen molar-refractivity contribution in [1.82, 2.24) is 5.32 Å². The molecule has 0 aromatic heterocycles. The first-order valence-electron chi connectivity index (χ1n) is 7.15. The van der Waals surface area contributed by atoms with Crippen LogP contribution in [-0.2, 0) is 9.53 Å². The minimum atomic E-state index is -0.183. The Morgan fingerprint density at radius 2 is 1.86 bits per heavy atom. The Kier molecular flexibility index (Phi) is 7.02. The van der Waals surface area contributed by atoms with Crippen LogP contribution in [0, 0.1) is 0 Å². The fourth-order valence-corrected chi connectivity index (χ4v) is 2.17. The van der Waals surface area contributed by atoms with Crippen molar-refractivity contribution in [1.29, 1.82) is 0 Å². The first kappa shape index (κ1) is 17.3. The van der Waals surface area contributed by atoms with E-state index in [0.717, 1.165) is 5.56 Å². The fourth-order valence-electron chi connectivity index (χ4n) is 2.17. The maximum atomic E-state index is 11.5. The lowest BCUT2D eigenvalue weighted by atomic mass is 10.1. The molecular weight excluding hydrogens is 270 g/mol. The topological polar surface area (TPSA) is 56.8 Å². The maximum Gasteiger partial charge on any atom is 0.307 e. The number of benzene rings is 1. The molecule has 1 aromatic rings. The second-order valence-corrected chi connectivity index (χ2v) is 4.91. The van der Waals surface area contributed by atoms with Crippen molar-refractivity contribution >= 4 is 5.97 Å². The van der Waals surface area contributed by atoms with Crippen molar-refractivity contribution in [3.63, 3.8) is 0 Å². The van der Waals surface area contributed by atoms with Crippen LogP contribution in [0.15, 0.2) is 18.2 Å². The zero-order chi connectivity index (χ0) is 15.8. The first-order chi connectivity index (χ1) is 10.0. The Hall–Kier alpha value is -1.75. The molecule has 2 atom stereocenters. The summed E-state index contributed by atoms with van der Waals surface area (Å²) in [6.45, 7) is 6.23. The van der Waals surface area contributed by atoms with E-state index >= 15 is 0 Å². The lowest BCUT2D eigenvalue weighted by Gasteiger charge is -2.20. The third-order valence-electron chi connectivity index (χ3n) is 3.22. The summed E-state index contributed by atoms with van der Waals surface area (Å²) in [5.41, 5.74) is 1.07. The molecule has 0 fully saturated rings. The van der Waals surface area contributed by atoms with E-state index < -0.39 is 0 Å². The van der Waals surface area contributed by atoms with Crippen LogP contribution in [-0.4, -0.2) is 32.8 Å². The van der Waals surface area contributed by atoms with E-state index in [4.69, 9.17) is 14.2 Å². The summed E-state index contributed by atoms with van der Waals surface area (Å²) >= 11 is 0. The molecule has 0 saturated carbocycles.